The van der Waals surface area contributed by atoms with E-state index in [1.54, 1.807) is 0 Å². The molecule has 2 nitrogen and oxygen atoms in total. The maximum atomic E-state index is 9.69. The van der Waals surface area contributed by atoms with Crippen molar-refractivity contribution >= 4 is 0 Å². The van der Waals surface area contributed by atoms with E-state index in [1.165, 1.54) is 0 Å². The van der Waals surface area contributed by atoms with Crippen LogP contribution in [0.5, 0.6) is 0 Å². The van der Waals surface area contributed by atoms with E-state index in [0.717, 1.165) is 32.1 Å². The van der Waals surface area contributed by atoms with Crippen LogP contribution in [0.1, 0.15) is 46.0 Å². The molecule has 0 aromatic carbocycles. The zero-order valence-electron chi connectivity index (χ0n) is 8.74. The van der Waals surface area contributed by atoms with Crippen LogP contribution in [0.25, 0.3) is 0 Å². The van der Waals surface area contributed by atoms with Crippen molar-refractivity contribution in [3.05, 3.63) is 0 Å². The Kier molecular flexibility index (Phi) is 4.20. The first-order chi connectivity index (χ1) is 6.09. The first-order valence-electron chi connectivity index (χ1n) is 5.45. The van der Waals surface area contributed by atoms with Gasteiger partial charge in [-0.05, 0) is 37.5 Å². The summed E-state index contributed by atoms with van der Waals surface area (Å²) >= 11 is 0. The van der Waals surface area contributed by atoms with E-state index in [0.29, 0.717) is 11.8 Å². The SMILES string of the molecule is CC(C)CC(O)CC1CCCC1O. The molecule has 1 fully saturated rings. The van der Waals surface area contributed by atoms with Crippen LogP contribution in [0, 0.1) is 11.8 Å². The van der Waals surface area contributed by atoms with E-state index in [4.69, 9.17) is 0 Å². The molecule has 0 amide bonds. The Morgan fingerprint density at radius 3 is 2.46 bits per heavy atom. The molecule has 0 spiro atoms. The van der Waals surface area contributed by atoms with Gasteiger partial charge in [-0.2, -0.15) is 0 Å². The molecule has 2 N–H and O–H groups in total. The number of aliphatic hydroxyl groups excluding tert-OH is 2. The highest BCUT2D eigenvalue weighted by Gasteiger charge is 2.27. The second-order valence-corrected chi connectivity index (χ2v) is 4.78. The van der Waals surface area contributed by atoms with Crippen molar-refractivity contribution in [1.82, 2.24) is 0 Å². The fourth-order valence-electron chi connectivity index (χ4n) is 2.28. The number of rotatable bonds is 4. The first kappa shape index (κ1) is 11.0. The van der Waals surface area contributed by atoms with Crippen LogP contribution in [0.4, 0.5) is 0 Å². The maximum absolute atomic E-state index is 9.69. The Hall–Kier alpha value is -0.0800. The summed E-state index contributed by atoms with van der Waals surface area (Å²) in [5.41, 5.74) is 0. The molecule has 0 aromatic rings. The van der Waals surface area contributed by atoms with Crippen LogP contribution in [0.15, 0.2) is 0 Å². The highest BCUT2D eigenvalue weighted by Crippen LogP contribution is 2.30. The van der Waals surface area contributed by atoms with Crippen molar-refractivity contribution < 1.29 is 10.2 Å². The fourth-order valence-corrected chi connectivity index (χ4v) is 2.28. The number of hydrogen-bond acceptors (Lipinski definition) is 2. The molecule has 1 saturated carbocycles. The van der Waals surface area contributed by atoms with Gasteiger partial charge in [-0.15, -0.1) is 0 Å². The quantitative estimate of drug-likeness (QED) is 0.704. The minimum atomic E-state index is -0.210. The van der Waals surface area contributed by atoms with Crippen LogP contribution in [-0.2, 0) is 0 Å². The lowest BCUT2D eigenvalue weighted by Gasteiger charge is -2.19. The lowest BCUT2D eigenvalue weighted by atomic mass is 9.93. The summed E-state index contributed by atoms with van der Waals surface area (Å²) in [6.07, 6.45) is 4.44. The van der Waals surface area contributed by atoms with Crippen LogP contribution >= 0.6 is 0 Å². The molecule has 2 heteroatoms. The van der Waals surface area contributed by atoms with E-state index in [2.05, 4.69) is 13.8 Å². The van der Waals surface area contributed by atoms with Gasteiger partial charge < -0.3 is 10.2 Å². The molecular weight excluding hydrogens is 164 g/mol. The van der Waals surface area contributed by atoms with E-state index >= 15 is 0 Å². The normalized spacial score (nSPS) is 31.2. The molecule has 1 rings (SSSR count). The predicted octanol–water partition coefficient (Wildman–Crippen LogP) is 1.94. The lowest BCUT2D eigenvalue weighted by molar-refractivity contribution is 0.0699. The molecule has 1 aliphatic rings. The highest BCUT2D eigenvalue weighted by atomic mass is 16.3. The minimum Gasteiger partial charge on any atom is -0.393 e. The smallest absolute Gasteiger partial charge is 0.0569 e. The van der Waals surface area contributed by atoms with Crippen molar-refractivity contribution in [3.63, 3.8) is 0 Å². The maximum Gasteiger partial charge on any atom is 0.0569 e. The zero-order valence-corrected chi connectivity index (χ0v) is 8.74. The van der Waals surface area contributed by atoms with Gasteiger partial charge in [-0.25, -0.2) is 0 Å². The van der Waals surface area contributed by atoms with Crippen molar-refractivity contribution in [1.29, 1.82) is 0 Å². The first-order valence-corrected chi connectivity index (χ1v) is 5.45. The Labute approximate surface area is 81.0 Å². The largest absolute Gasteiger partial charge is 0.393 e. The summed E-state index contributed by atoms with van der Waals surface area (Å²) in [6, 6.07) is 0. The highest BCUT2D eigenvalue weighted by molar-refractivity contribution is 4.79. The zero-order chi connectivity index (χ0) is 9.84. The molecule has 0 saturated heterocycles. The molecule has 0 aromatic heterocycles. The van der Waals surface area contributed by atoms with E-state index in [9.17, 15) is 10.2 Å². The van der Waals surface area contributed by atoms with Gasteiger partial charge in [0, 0.05) is 0 Å². The van der Waals surface area contributed by atoms with Crippen molar-refractivity contribution in [3.8, 4) is 0 Å². The monoisotopic (exact) mass is 186 g/mol. The molecule has 0 bridgehead atoms. The summed E-state index contributed by atoms with van der Waals surface area (Å²) in [4.78, 5) is 0. The summed E-state index contributed by atoms with van der Waals surface area (Å²) < 4.78 is 0. The Balaban J connectivity index is 2.22. The van der Waals surface area contributed by atoms with E-state index < -0.39 is 0 Å². The van der Waals surface area contributed by atoms with Gasteiger partial charge in [-0.1, -0.05) is 20.3 Å². The van der Waals surface area contributed by atoms with E-state index in [1.807, 2.05) is 0 Å². The summed E-state index contributed by atoms with van der Waals surface area (Å²) in [7, 11) is 0. The van der Waals surface area contributed by atoms with Gasteiger partial charge in [0.15, 0.2) is 0 Å². The second-order valence-electron chi connectivity index (χ2n) is 4.78. The summed E-state index contributed by atoms with van der Waals surface area (Å²) in [5.74, 6) is 0.905. The third-order valence-corrected chi connectivity index (χ3v) is 2.94. The van der Waals surface area contributed by atoms with E-state index in [-0.39, 0.29) is 12.2 Å². The topological polar surface area (TPSA) is 40.5 Å². The Bertz CT molecular complexity index is 145. The van der Waals surface area contributed by atoms with Gasteiger partial charge in [-0.3, -0.25) is 0 Å². The molecule has 13 heavy (non-hydrogen) atoms. The average Bonchev–Trinajstić information content (AvgIpc) is 2.34. The molecule has 3 atom stereocenters. The van der Waals surface area contributed by atoms with Crippen molar-refractivity contribution in [2.45, 2.75) is 58.2 Å². The molecule has 0 radical (unpaired) electrons. The predicted molar refractivity (Wildman–Crippen MR) is 53.4 cm³/mol. The van der Waals surface area contributed by atoms with Gasteiger partial charge >= 0.3 is 0 Å². The van der Waals surface area contributed by atoms with Gasteiger partial charge in [0.1, 0.15) is 0 Å². The summed E-state index contributed by atoms with van der Waals surface area (Å²) in [5, 5.41) is 19.2. The van der Waals surface area contributed by atoms with Gasteiger partial charge in [0.2, 0.25) is 0 Å². The van der Waals surface area contributed by atoms with Crippen LogP contribution in [-0.4, -0.2) is 22.4 Å². The molecule has 1 aliphatic carbocycles. The fraction of sp³-hybridized carbons (Fsp3) is 1.00. The van der Waals surface area contributed by atoms with Crippen LogP contribution in [0.2, 0.25) is 0 Å². The number of hydrogen-bond donors (Lipinski definition) is 2. The Morgan fingerprint density at radius 1 is 1.31 bits per heavy atom. The molecular formula is C11H22O2. The lowest BCUT2D eigenvalue weighted by Crippen LogP contribution is -2.21. The molecule has 0 heterocycles. The average molecular weight is 186 g/mol. The van der Waals surface area contributed by atoms with Crippen LogP contribution in [0.3, 0.4) is 0 Å². The van der Waals surface area contributed by atoms with Gasteiger partial charge in [0.25, 0.3) is 0 Å². The second kappa shape index (κ2) is 4.97. The third kappa shape index (κ3) is 3.65. The van der Waals surface area contributed by atoms with Gasteiger partial charge in [0.05, 0.1) is 12.2 Å². The standard InChI is InChI=1S/C11H22O2/c1-8(2)6-10(12)7-9-4-3-5-11(9)13/h8-13H,3-7H2,1-2H3. The third-order valence-electron chi connectivity index (χ3n) is 2.94. The van der Waals surface area contributed by atoms with Crippen molar-refractivity contribution in [2.24, 2.45) is 11.8 Å². The summed E-state index contributed by atoms with van der Waals surface area (Å²) in [6.45, 7) is 4.24. The van der Waals surface area contributed by atoms with Crippen LogP contribution < -0.4 is 0 Å². The Morgan fingerprint density at radius 2 is 2.00 bits per heavy atom. The van der Waals surface area contributed by atoms with Crippen molar-refractivity contribution in [2.75, 3.05) is 0 Å². The number of aliphatic hydroxyl groups is 2. The molecule has 0 aliphatic heterocycles. The molecule has 78 valence electrons. The molecule has 3 unspecified atom stereocenters. The minimum absolute atomic E-state index is 0.151.